The Balaban J connectivity index is 1.96. The Kier molecular flexibility index (Phi) is 2.37. The molecule has 0 amide bonds. The molecule has 0 saturated heterocycles. The molecule has 0 saturated carbocycles. The minimum absolute atomic E-state index is 0.0348. The van der Waals surface area contributed by atoms with Crippen molar-refractivity contribution in [3.05, 3.63) is 40.9 Å². The van der Waals surface area contributed by atoms with Crippen LogP contribution < -0.4 is 4.74 Å². The van der Waals surface area contributed by atoms with E-state index in [2.05, 4.69) is 0 Å². The van der Waals surface area contributed by atoms with Gasteiger partial charge in [0.05, 0.1) is 5.92 Å². The van der Waals surface area contributed by atoms with Gasteiger partial charge in [-0.05, 0) is 30.4 Å². The van der Waals surface area contributed by atoms with Crippen molar-refractivity contribution in [1.29, 1.82) is 0 Å². The molecule has 1 aliphatic carbocycles. The lowest BCUT2D eigenvalue weighted by molar-refractivity contribution is -0.145. The Morgan fingerprint density at radius 2 is 2.24 bits per heavy atom. The minimum atomic E-state index is -0.282. The van der Waals surface area contributed by atoms with Gasteiger partial charge in [-0.2, -0.15) is 0 Å². The molecule has 3 atom stereocenters. The van der Waals surface area contributed by atoms with Crippen LogP contribution in [0.25, 0.3) is 0 Å². The number of fused-ring (bicyclic) bond motifs is 3. The molecule has 0 fully saturated rings. The molecule has 1 aromatic carbocycles. The molecule has 2 aliphatic rings. The average molecular weight is 251 g/mol. The molecular weight excluding hydrogens is 240 g/mol. The van der Waals surface area contributed by atoms with E-state index in [1.54, 1.807) is 6.07 Å². The van der Waals surface area contributed by atoms with Gasteiger partial charge in [-0.15, -0.1) is 0 Å². The number of esters is 1. The molecule has 0 N–H and O–H groups in total. The van der Waals surface area contributed by atoms with E-state index in [4.69, 9.17) is 21.1 Å². The summed E-state index contributed by atoms with van der Waals surface area (Å²) in [5.74, 6) is 0.578. The molecule has 3 rings (SSSR count). The summed E-state index contributed by atoms with van der Waals surface area (Å²) in [6.07, 6.45) is 3.51. The van der Waals surface area contributed by atoms with Gasteiger partial charge < -0.3 is 9.47 Å². The maximum atomic E-state index is 11.0. The highest BCUT2D eigenvalue weighted by molar-refractivity contribution is 6.30. The van der Waals surface area contributed by atoms with Crippen LogP contribution in [0.5, 0.6) is 5.75 Å². The van der Waals surface area contributed by atoms with Gasteiger partial charge in [0.25, 0.3) is 0 Å². The monoisotopic (exact) mass is 250 g/mol. The fourth-order valence-electron chi connectivity index (χ4n) is 2.45. The summed E-state index contributed by atoms with van der Waals surface area (Å²) in [7, 11) is 0. The van der Waals surface area contributed by atoms with E-state index < -0.39 is 0 Å². The lowest BCUT2D eigenvalue weighted by Gasteiger charge is -2.17. The summed E-state index contributed by atoms with van der Waals surface area (Å²) in [4.78, 5) is 11.0. The van der Waals surface area contributed by atoms with Crippen LogP contribution in [0.15, 0.2) is 30.4 Å². The van der Waals surface area contributed by atoms with Crippen LogP contribution in [-0.4, -0.2) is 18.2 Å². The number of hydrogen-bond donors (Lipinski definition) is 0. The van der Waals surface area contributed by atoms with Crippen molar-refractivity contribution < 1.29 is 14.3 Å². The molecular formula is C13H11ClO3. The molecule has 1 aliphatic heterocycles. The molecule has 0 aromatic heterocycles. The van der Waals surface area contributed by atoms with Gasteiger partial charge in [0.2, 0.25) is 0 Å². The topological polar surface area (TPSA) is 35.5 Å². The summed E-state index contributed by atoms with van der Waals surface area (Å²) in [5.41, 5.74) is 1.01. The van der Waals surface area contributed by atoms with Crippen LogP contribution in [0, 0.1) is 0 Å². The van der Waals surface area contributed by atoms with E-state index in [-0.39, 0.29) is 24.1 Å². The van der Waals surface area contributed by atoms with Crippen LogP contribution in [-0.2, 0) is 9.53 Å². The van der Waals surface area contributed by atoms with Crippen molar-refractivity contribution in [1.82, 2.24) is 0 Å². The highest BCUT2D eigenvalue weighted by atomic mass is 35.5. The number of carbonyl (C=O) groups is 1. The average Bonchev–Trinajstić information content (AvgIpc) is 2.78. The second kappa shape index (κ2) is 3.77. The van der Waals surface area contributed by atoms with Gasteiger partial charge in [-0.1, -0.05) is 11.6 Å². The predicted molar refractivity (Wildman–Crippen MR) is 63.3 cm³/mol. The van der Waals surface area contributed by atoms with Gasteiger partial charge in [-0.25, -0.2) is 0 Å². The first-order valence-corrected chi connectivity index (χ1v) is 5.84. The van der Waals surface area contributed by atoms with Crippen molar-refractivity contribution in [2.24, 2.45) is 0 Å². The second-order valence-corrected chi connectivity index (χ2v) is 4.69. The number of hydrogen-bond acceptors (Lipinski definition) is 3. The number of ether oxygens (including phenoxy) is 2. The first-order valence-electron chi connectivity index (χ1n) is 5.47. The molecule has 4 heteroatoms. The van der Waals surface area contributed by atoms with E-state index in [1.807, 2.05) is 24.3 Å². The summed E-state index contributed by atoms with van der Waals surface area (Å²) in [5, 5.41) is 0.668. The summed E-state index contributed by atoms with van der Waals surface area (Å²) in [6.45, 7) is 1.41. The standard InChI is InChI=1S/C13H11ClO3/c1-7(15)16-11-4-5-12-13(11)9-6-8(14)2-3-10(9)17-12/h2-6,11-13H,1H3/t11-,12+,13-/m0/s1. The Morgan fingerprint density at radius 1 is 1.41 bits per heavy atom. The van der Waals surface area contributed by atoms with Crippen molar-refractivity contribution in [3.8, 4) is 5.75 Å². The van der Waals surface area contributed by atoms with Gasteiger partial charge in [0.1, 0.15) is 18.0 Å². The Morgan fingerprint density at radius 3 is 3.00 bits per heavy atom. The van der Waals surface area contributed by atoms with E-state index >= 15 is 0 Å². The number of benzene rings is 1. The number of rotatable bonds is 1. The molecule has 17 heavy (non-hydrogen) atoms. The minimum Gasteiger partial charge on any atom is -0.485 e. The molecule has 0 unspecified atom stereocenters. The van der Waals surface area contributed by atoms with Crippen molar-refractivity contribution >= 4 is 17.6 Å². The highest BCUT2D eigenvalue weighted by Gasteiger charge is 2.43. The lowest BCUT2D eigenvalue weighted by Crippen LogP contribution is -2.24. The molecule has 1 heterocycles. The van der Waals surface area contributed by atoms with Gasteiger partial charge in [-0.3, -0.25) is 4.79 Å². The third-order valence-electron chi connectivity index (χ3n) is 3.09. The predicted octanol–water partition coefficient (Wildman–Crippen LogP) is 2.69. The highest BCUT2D eigenvalue weighted by Crippen LogP contribution is 2.45. The zero-order valence-corrected chi connectivity index (χ0v) is 9.98. The molecule has 3 nitrogen and oxygen atoms in total. The Labute approximate surface area is 104 Å². The fourth-order valence-corrected chi connectivity index (χ4v) is 2.63. The van der Waals surface area contributed by atoms with E-state index in [0.29, 0.717) is 5.02 Å². The maximum Gasteiger partial charge on any atom is 0.303 e. The smallest absolute Gasteiger partial charge is 0.303 e. The SMILES string of the molecule is CC(=O)O[C@H]1C=C[C@H]2Oc3ccc(Cl)cc3[C@@H]12. The third kappa shape index (κ3) is 1.71. The van der Waals surface area contributed by atoms with Crippen molar-refractivity contribution in [2.45, 2.75) is 25.0 Å². The fraction of sp³-hybridized carbons (Fsp3) is 0.308. The van der Waals surface area contributed by atoms with Gasteiger partial charge in [0, 0.05) is 17.5 Å². The second-order valence-electron chi connectivity index (χ2n) is 4.25. The maximum absolute atomic E-state index is 11.0. The lowest BCUT2D eigenvalue weighted by atomic mass is 9.95. The quantitative estimate of drug-likeness (QED) is 0.568. The van der Waals surface area contributed by atoms with E-state index in [9.17, 15) is 4.79 Å². The summed E-state index contributed by atoms with van der Waals surface area (Å²) in [6, 6.07) is 5.53. The normalized spacial score (nSPS) is 28.5. The van der Waals surface area contributed by atoms with Crippen molar-refractivity contribution in [2.75, 3.05) is 0 Å². The van der Waals surface area contributed by atoms with Crippen LogP contribution in [0.2, 0.25) is 5.02 Å². The van der Waals surface area contributed by atoms with Crippen molar-refractivity contribution in [3.63, 3.8) is 0 Å². The summed E-state index contributed by atoms with van der Waals surface area (Å²) < 4.78 is 11.0. The van der Waals surface area contributed by atoms with E-state index in [1.165, 1.54) is 6.92 Å². The summed E-state index contributed by atoms with van der Waals surface area (Å²) >= 11 is 5.98. The molecule has 88 valence electrons. The zero-order chi connectivity index (χ0) is 12.0. The van der Waals surface area contributed by atoms with Crippen LogP contribution >= 0.6 is 11.6 Å². The van der Waals surface area contributed by atoms with E-state index in [0.717, 1.165) is 11.3 Å². The third-order valence-corrected chi connectivity index (χ3v) is 3.33. The molecule has 1 aromatic rings. The Bertz CT molecular complexity index is 509. The molecule has 0 spiro atoms. The molecule has 0 bridgehead atoms. The van der Waals surface area contributed by atoms with Gasteiger partial charge in [0.15, 0.2) is 0 Å². The Hall–Kier alpha value is -1.48. The van der Waals surface area contributed by atoms with Crippen LogP contribution in [0.3, 0.4) is 0 Å². The largest absolute Gasteiger partial charge is 0.485 e. The first kappa shape index (κ1) is 10.7. The number of carbonyl (C=O) groups excluding carboxylic acids is 1. The molecule has 0 radical (unpaired) electrons. The van der Waals surface area contributed by atoms with Crippen LogP contribution in [0.4, 0.5) is 0 Å². The first-order chi connectivity index (χ1) is 8.15. The zero-order valence-electron chi connectivity index (χ0n) is 9.22. The number of halogens is 1. The van der Waals surface area contributed by atoms with Crippen LogP contribution in [0.1, 0.15) is 18.4 Å². The van der Waals surface area contributed by atoms with Gasteiger partial charge >= 0.3 is 5.97 Å².